The van der Waals surface area contributed by atoms with Crippen LogP contribution in [0.3, 0.4) is 0 Å². The van der Waals surface area contributed by atoms with Crippen molar-refractivity contribution in [2.45, 2.75) is 6.54 Å². The highest BCUT2D eigenvalue weighted by Gasteiger charge is 2.23. The van der Waals surface area contributed by atoms with E-state index in [0.29, 0.717) is 5.57 Å². The minimum absolute atomic E-state index is 0.0532. The second kappa shape index (κ2) is 7.53. The molecule has 2 aliphatic rings. The van der Waals surface area contributed by atoms with Crippen LogP contribution in [0.15, 0.2) is 54.8 Å². The van der Waals surface area contributed by atoms with Crippen molar-refractivity contribution in [3.63, 3.8) is 0 Å². The van der Waals surface area contributed by atoms with Crippen LogP contribution in [0.2, 0.25) is 0 Å². The van der Waals surface area contributed by atoms with Crippen LogP contribution in [-0.2, 0) is 11.3 Å². The molecule has 2 aliphatic heterocycles. The summed E-state index contributed by atoms with van der Waals surface area (Å²) in [5.41, 5.74) is 1.58. The van der Waals surface area contributed by atoms with E-state index in [-0.39, 0.29) is 5.91 Å². The molecule has 0 bridgehead atoms. The first kappa shape index (κ1) is 16.5. The van der Waals surface area contributed by atoms with Crippen molar-refractivity contribution in [1.82, 2.24) is 24.6 Å². The van der Waals surface area contributed by atoms with Crippen LogP contribution in [0.1, 0.15) is 5.56 Å². The van der Waals surface area contributed by atoms with Crippen molar-refractivity contribution in [3.05, 3.63) is 60.4 Å². The molecule has 1 aromatic heterocycles. The number of piperazine rings is 1. The highest BCUT2D eigenvalue weighted by molar-refractivity contribution is 6.01. The molecule has 4 rings (SSSR count). The number of fused-ring (bicyclic) bond motifs is 1. The molecule has 2 aromatic rings. The lowest BCUT2D eigenvalue weighted by Gasteiger charge is -2.34. The summed E-state index contributed by atoms with van der Waals surface area (Å²) in [7, 11) is 0. The van der Waals surface area contributed by atoms with Gasteiger partial charge in [-0.2, -0.15) is 5.10 Å². The van der Waals surface area contributed by atoms with Gasteiger partial charge in [-0.05, 0) is 18.2 Å². The van der Waals surface area contributed by atoms with Gasteiger partial charge in [0.25, 0.3) is 5.91 Å². The van der Waals surface area contributed by atoms with Gasteiger partial charge in [0.2, 0.25) is 0 Å². The minimum Gasteiger partial charge on any atom is -0.464 e. The number of ether oxygens (including phenoxy) is 1. The topological polar surface area (TPSA) is 63.5 Å². The quantitative estimate of drug-likeness (QED) is 0.833. The maximum atomic E-state index is 12.9. The molecule has 7 nitrogen and oxygen atoms in total. The predicted octanol–water partition coefficient (Wildman–Crippen LogP) is 1.41. The molecule has 134 valence electrons. The number of hydrogen-bond acceptors (Lipinski definition) is 5. The molecule has 1 aromatic carbocycles. The van der Waals surface area contributed by atoms with Crippen LogP contribution in [0, 0.1) is 0 Å². The smallest absolute Gasteiger partial charge is 0.254 e. The fourth-order valence-electron chi connectivity index (χ4n) is 3.19. The average Bonchev–Trinajstić information content (AvgIpc) is 3.11. The summed E-state index contributed by atoms with van der Waals surface area (Å²) >= 11 is 0. The summed E-state index contributed by atoms with van der Waals surface area (Å²) in [6.45, 7) is 4.91. The number of para-hydroxylation sites is 1. The standard InChI is InChI=1S/C19H21N5O2/c25-19(17-5-12-26-18-4-2-1-3-16(18)13-17)23-9-6-22(7-10-23)8-11-24-15-20-14-21-24/h1-5,12-15H,6-11H2. The lowest BCUT2D eigenvalue weighted by Crippen LogP contribution is -2.49. The first-order valence-electron chi connectivity index (χ1n) is 8.77. The highest BCUT2D eigenvalue weighted by atomic mass is 16.5. The van der Waals surface area contributed by atoms with Crippen molar-refractivity contribution in [1.29, 1.82) is 0 Å². The molecule has 0 saturated carbocycles. The molecule has 26 heavy (non-hydrogen) atoms. The summed E-state index contributed by atoms with van der Waals surface area (Å²) in [5.74, 6) is 0.821. The average molecular weight is 351 g/mol. The molecule has 0 unspecified atom stereocenters. The number of amides is 1. The first-order chi connectivity index (χ1) is 12.8. The van der Waals surface area contributed by atoms with Gasteiger partial charge in [-0.1, -0.05) is 18.2 Å². The second-order valence-corrected chi connectivity index (χ2v) is 6.35. The predicted molar refractivity (Wildman–Crippen MR) is 97.2 cm³/mol. The Kier molecular flexibility index (Phi) is 4.79. The SMILES string of the molecule is O=C(C1=Cc2ccccc2OC=C1)N1CCN(CCn2cncn2)CC1. The molecule has 0 spiro atoms. The van der Waals surface area contributed by atoms with Crippen LogP contribution in [0.25, 0.3) is 6.08 Å². The van der Waals surface area contributed by atoms with Gasteiger partial charge in [0.1, 0.15) is 18.4 Å². The van der Waals surface area contributed by atoms with Gasteiger partial charge in [0.15, 0.2) is 0 Å². The second-order valence-electron chi connectivity index (χ2n) is 6.35. The van der Waals surface area contributed by atoms with Gasteiger partial charge >= 0.3 is 0 Å². The molecule has 0 radical (unpaired) electrons. The molecule has 1 saturated heterocycles. The van der Waals surface area contributed by atoms with Gasteiger partial charge in [0, 0.05) is 43.9 Å². The summed E-state index contributed by atoms with van der Waals surface area (Å²) in [4.78, 5) is 21.1. The third-order valence-electron chi connectivity index (χ3n) is 4.69. The first-order valence-corrected chi connectivity index (χ1v) is 8.77. The van der Waals surface area contributed by atoms with Crippen LogP contribution in [-0.4, -0.2) is 63.2 Å². The molecule has 0 N–H and O–H groups in total. The molecule has 0 aliphatic carbocycles. The zero-order chi connectivity index (χ0) is 17.8. The third-order valence-corrected chi connectivity index (χ3v) is 4.69. The summed E-state index contributed by atoms with van der Waals surface area (Å²) in [6, 6.07) is 7.72. The maximum Gasteiger partial charge on any atom is 0.254 e. The van der Waals surface area contributed by atoms with Crippen LogP contribution in [0.5, 0.6) is 5.75 Å². The fraction of sp³-hybridized carbons (Fsp3) is 0.316. The van der Waals surface area contributed by atoms with E-state index in [0.717, 1.165) is 50.6 Å². The zero-order valence-electron chi connectivity index (χ0n) is 14.5. The van der Waals surface area contributed by atoms with Gasteiger partial charge in [-0.25, -0.2) is 4.98 Å². The fourth-order valence-corrected chi connectivity index (χ4v) is 3.19. The van der Waals surface area contributed by atoms with Gasteiger partial charge in [0.05, 0.1) is 12.8 Å². The van der Waals surface area contributed by atoms with Crippen molar-refractivity contribution in [3.8, 4) is 5.75 Å². The number of carbonyl (C=O) groups is 1. The van der Waals surface area contributed by atoms with Crippen LogP contribution in [0.4, 0.5) is 0 Å². The molecular weight excluding hydrogens is 330 g/mol. The number of rotatable bonds is 4. The molecule has 0 atom stereocenters. The number of aromatic nitrogens is 3. The van der Waals surface area contributed by atoms with E-state index >= 15 is 0 Å². The van der Waals surface area contributed by atoms with Crippen LogP contribution >= 0.6 is 0 Å². The van der Waals surface area contributed by atoms with Gasteiger partial charge in [-0.3, -0.25) is 14.4 Å². The largest absolute Gasteiger partial charge is 0.464 e. The molecule has 1 fully saturated rings. The Morgan fingerprint density at radius 3 is 2.77 bits per heavy atom. The Morgan fingerprint density at radius 1 is 1.12 bits per heavy atom. The van der Waals surface area contributed by atoms with E-state index < -0.39 is 0 Å². The van der Waals surface area contributed by atoms with Crippen molar-refractivity contribution < 1.29 is 9.53 Å². The van der Waals surface area contributed by atoms with Crippen molar-refractivity contribution in [2.24, 2.45) is 0 Å². The number of carbonyl (C=O) groups excluding carboxylic acids is 1. The zero-order valence-corrected chi connectivity index (χ0v) is 14.5. The third kappa shape index (κ3) is 3.67. The Morgan fingerprint density at radius 2 is 1.96 bits per heavy atom. The lowest BCUT2D eigenvalue weighted by atomic mass is 10.1. The van der Waals surface area contributed by atoms with E-state index in [1.54, 1.807) is 25.0 Å². The number of nitrogens with zero attached hydrogens (tertiary/aromatic N) is 5. The van der Waals surface area contributed by atoms with Crippen molar-refractivity contribution in [2.75, 3.05) is 32.7 Å². The lowest BCUT2D eigenvalue weighted by molar-refractivity contribution is -0.128. The van der Waals surface area contributed by atoms with Gasteiger partial charge in [-0.15, -0.1) is 0 Å². The Hall–Kier alpha value is -2.93. The minimum atomic E-state index is 0.0532. The van der Waals surface area contributed by atoms with Crippen molar-refractivity contribution >= 4 is 12.0 Å². The van der Waals surface area contributed by atoms with E-state index in [4.69, 9.17) is 4.74 Å². The normalized spacial score (nSPS) is 17.2. The van der Waals surface area contributed by atoms with E-state index in [9.17, 15) is 4.79 Å². The summed E-state index contributed by atoms with van der Waals surface area (Å²) < 4.78 is 7.41. The van der Waals surface area contributed by atoms with E-state index in [1.807, 2.05) is 39.9 Å². The maximum absolute atomic E-state index is 12.9. The van der Waals surface area contributed by atoms with Gasteiger partial charge < -0.3 is 9.64 Å². The molecule has 1 amide bonds. The highest BCUT2D eigenvalue weighted by Crippen LogP contribution is 2.25. The van der Waals surface area contributed by atoms with Crippen LogP contribution < -0.4 is 4.74 Å². The Bertz CT molecular complexity index is 820. The summed E-state index contributed by atoms with van der Waals surface area (Å²) in [5, 5.41) is 4.12. The Balaban J connectivity index is 1.35. The molecule has 3 heterocycles. The monoisotopic (exact) mass is 351 g/mol. The number of benzene rings is 1. The summed E-state index contributed by atoms with van der Waals surface area (Å²) in [6.07, 6.45) is 8.51. The molecule has 7 heteroatoms. The number of hydrogen-bond donors (Lipinski definition) is 0. The van der Waals surface area contributed by atoms with E-state index in [1.165, 1.54) is 0 Å². The van der Waals surface area contributed by atoms with E-state index in [2.05, 4.69) is 15.0 Å². The Labute approximate surface area is 152 Å². The molecular formula is C19H21N5O2.